The van der Waals surface area contributed by atoms with Gasteiger partial charge in [-0.2, -0.15) is 0 Å². The quantitative estimate of drug-likeness (QED) is 0.736. The summed E-state index contributed by atoms with van der Waals surface area (Å²) in [7, 11) is 0. The van der Waals surface area contributed by atoms with Gasteiger partial charge < -0.3 is 5.73 Å². The van der Waals surface area contributed by atoms with Gasteiger partial charge in [0.2, 0.25) is 11.8 Å². The first-order valence-corrected chi connectivity index (χ1v) is 6.96. The molecule has 3 rings (SSSR count). The van der Waals surface area contributed by atoms with E-state index in [0.29, 0.717) is 28.1 Å². The average Bonchev–Trinajstić information content (AvgIpc) is 2.74. The van der Waals surface area contributed by atoms with E-state index in [1.165, 1.54) is 15.9 Å². The van der Waals surface area contributed by atoms with Gasteiger partial charge in [0, 0.05) is 11.8 Å². The monoisotopic (exact) mass is 292 g/mol. The topological polar surface area (TPSA) is 107 Å². The first-order valence-electron chi connectivity index (χ1n) is 6.08. The smallest absolute Gasteiger partial charge is 0.272 e. The van der Waals surface area contributed by atoms with Gasteiger partial charge in [-0.3, -0.25) is 24.3 Å². The minimum Gasteiger partial charge on any atom is -0.396 e. The Hall–Kier alpha value is -2.22. The van der Waals surface area contributed by atoms with Gasteiger partial charge in [0.15, 0.2) is 0 Å². The summed E-state index contributed by atoms with van der Waals surface area (Å²) >= 11 is 1.21. The van der Waals surface area contributed by atoms with Crippen LogP contribution in [-0.2, 0) is 9.59 Å². The SMILES string of the molecule is Cc1nc2c(N)csc2c(=O)n1C1CCC(=O)NC1=O. The fourth-order valence-corrected chi connectivity index (χ4v) is 3.23. The van der Waals surface area contributed by atoms with Gasteiger partial charge in [0.25, 0.3) is 5.56 Å². The van der Waals surface area contributed by atoms with Crippen LogP contribution in [0.25, 0.3) is 10.2 Å². The van der Waals surface area contributed by atoms with Gasteiger partial charge in [-0.1, -0.05) is 0 Å². The molecule has 2 amide bonds. The third kappa shape index (κ3) is 1.80. The minimum atomic E-state index is -0.694. The number of aryl methyl sites for hydroxylation is 1. The lowest BCUT2D eigenvalue weighted by Gasteiger charge is -2.24. The molecule has 7 nitrogen and oxygen atoms in total. The molecule has 1 aliphatic rings. The van der Waals surface area contributed by atoms with Crippen molar-refractivity contribution in [2.24, 2.45) is 0 Å². The molecular formula is C12H12N4O3S. The summed E-state index contributed by atoms with van der Waals surface area (Å²) in [6.45, 7) is 1.65. The number of thiophene rings is 1. The highest BCUT2D eigenvalue weighted by atomic mass is 32.1. The highest BCUT2D eigenvalue weighted by Crippen LogP contribution is 2.25. The van der Waals surface area contributed by atoms with Crippen LogP contribution >= 0.6 is 11.3 Å². The van der Waals surface area contributed by atoms with Crippen molar-refractivity contribution in [3.8, 4) is 0 Å². The van der Waals surface area contributed by atoms with Crippen LogP contribution in [0.3, 0.4) is 0 Å². The Morgan fingerprint density at radius 1 is 1.45 bits per heavy atom. The molecule has 20 heavy (non-hydrogen) atoms. The zero-order chi connectivity index (χ0) is 14.4. The molecule has 0 radical (unpaired) electrons. The molecule has 0 bridgehead atoms. The molecule has 2 aromatic rings. The number of aromatic nitrogens is 2. The summed E-state index contributed by atoms with van der Waals surface area (Å²) in [4.78, 5) is 39.9. The highest BCUT2D eigenvalue weighted by molar-refractivity contribution is 7.17. The average molecular weight is 292 g/mol. The predicted molar refractivity (Wildman–Crippen MR) is 74.5 cm³/mol. The summed E-state index contributed by atoms with van der Waals surface area (Å²) in [6.07, 6.45) is 0.520. The van der Waals surface area contributed by atoms with Gasteiger partial charge in [0.1, 0.15) is 22.1 Å². The normalized spacial score (nSPS) is 19.4. The number of fused-ring (bicyclic) bond motifs is 1. The number of nitrogens with zero attached hydrogens (tertiary/aromatic N) is 2. The third-order valence-corrected chi connectivity index (χ3v) is 4.32. The van der Waals surface area contributed by atoms with Crippen LogP contribution in [0.5, 0.6) is 0 Å². The zero-order valence-electron chi connectivity index (χ0n) is 10.7. The summed E-state index contributed by atoms with van der Waals surface area (Å²) in [6, 6.07) is -0.694. The number of carbonyl (C=O) groups is 2. The number of hydrogen-bond acceptors (Lipinski definition) is 6. The van der Waals surface area contributed by atoms with Crippen LogP contribution in [0.1, 0.15) is 24.7 Å². The number of rotatable bonds is 1. The predicted octanol–water partition coefficient (Wildman–Crippen LogP) is 0.326. The molecule has 1 atom stereocenters. The number of imide groups is 1. The summed E-state index contributed by atoms with van der Waals surface area (Å²) in [5, 5.41) is 3.91. The lowest BCUT2D eigenvalue weighted by Crippen LogP contribution is -2.45. The lowest BCUT2D eigenvalue weighted by molar-refractivity contribution is -0.135. The standard InChI is InChI=1S/C12H12N4O3S/c1-5-14-9-6(13)4-20-10(9)12(19)16(5)7-2-3-8(17)15-11(7)18/h4,7H,2-3,13H2,1H3,(H,15,17,18). The van der Waals surface area contributed by atoms with Crippen LogP contribution in [-0.4, -0.2) is 21.4 Å². The Bertz CT molecular complexity index is 792. The Kier molecular flexibility index (Phi) is 2.82. The van der Waals surface area contributed by atoms with E-state index in [0.717, 1.165) is 0 Å². The first-order chi connectivity index (χ1) is 9.49. The molecule has 3 N–H and O–H groups in total. The maximum atomic E-state index is 12.5. The third-order valence-electron chi connectivity index (χ3n) is 3.35. The van der Waals surface area contributed by atoms with E-state index in [9.17, 15) is 14.4 Å². The maximum absolute atomic E-state index is 12.5. The van der Waals surface area contributed by atoms with Gasteiger partial charge in [0.05, 0.1) is 5.69 Å². The number of piperidine rings is 1. The van der Waals surface area contributed by atoms with Gasteiger partial charge in [-0.05, 0) is 13.3 Å². The second kappa shape index (κ2) is 4.41. The molecule has 1 aliphatic heterocycles. The first kappa shape index (κ1) is 12.8. The van der Waals surface area contributed by atoms with Gasteiger partial charge in [-0.15, -0.1) is 11.3 Å². The van der Waals surface area contributed by atoms with Crippen molar-refractivity contribution in [3.63, 3.8) is 0 Å². The van der Waals surface area contributed by atoms with Crippen LogP contribution in [0, 0.1) is 6.92 Å². The molecule has 8 heteroatoms. The van der Waals surface area contributed by atoms with Crippen molar-refractivity contribution in [1.29, 1.82) is 0 Å². The Morgan fingerprint density at radius 2 is 2.20 bits per heavy atom. The maximum Gasteiger partial charge on any atom is 0.272 e. The van der Waals surface area contributed by atoms with Crippen molar-refractivity contribution < 1.29 is 9.59 Å². The molecule has 1 unspecified atom stereocenters. The molecule has 1 saturated heterocycles. The zero-order valence-corrected chi connectivity index (χ0v) is 11.5. The molecule has 104 valence electrons. The Morgan fingerprint density at radius 3 is 2.90 bits per heavy atom. The molecular weight excluding hydrogens is 280 g/mol. The summed E-state index contributed by atoms with van der Waals surface area (Å²) in [5.41, 5.74) is 6.41. The van der Waals surface area contributed by atoms with E-state index in [1.807, 2.05) is 0 Å². The fraction of sp³-hybridized carbons (Fsp3) is 0.333. The Labute approximate surface area is 117 Å². The molecule has 0 saturated carbocycles. The molecule has 0 aliphatic carbocycles. The second-order valence-corrected chi connectivity index (χ2v) is 5.55. The van der Waals surface area contributed by atoms with Gasteiger partial charge in [-0.25, -0.2) is 4.98 Å². The van der Waals surface area contributed by atoms with Crippen molar-refractivity contribution >= 4 is 39.1 Å². The van der Waals surface area contributed by atoms with E-state index < -0.39 is 11.9 Å². The van der Waals surface area contributed by atoms with E-state index in [4.69, 9.17) is 5.73 Å². The van der Waals surface area contributed by atoms with Gasteiger partial charge >= 0.3 is 0 Å². The largest absolute Gasteiger partial charge is 0.396 e. The minimum absolute atomic E-state index is 0.215. The molecule has 1 fully saturated rings. The number of amides is 2. The van der Waals surface area contributed by atoms with Crippen molar-refractivity contribution in [2.75, 3.05) is 5.73 Å². The van der Waals surface area contributed by atoms with E-state index >= 15 is 0 Å². The van der Waals surface area contributed by atoms with E-state index in [2.05, 4.69) is 10.3 Å². The fourth-order valence-electron chi connectivity index (χ4n) is 2.40. The van der Waals surface area contributed by atoms with Crippen molar-refractivity contribution in [2.45, 2.75) is 25.8 Å². The second-order valence-electron chi connectivity index (χ2n) is 4.67. The number of hydrogen-bond donors (Lipinski definition) is 2. The molecule has 0 spiro atoms. The number of nitrogen functional groups attached to an aromatic ring is 1. The van der Waals surface area contributed by atoms with Crippen LogP contribution in [0.4, 0.5) is 5.69 Å². The number of nitrogens with two attached hydrogens (primary N) is 1. The van der Waals surface area contributed by atoms with Crippen molar-refractivity contribution in [3.05, 3.63) is 21.6 Å². The highest BCUT2D eigenvalue weighted by Gasteiger charge is 2.30. The number of carbonyl (C=O) groups excluding carboxylic acids is 2. The Balaban J connectivity index is 2.19. The number of nitrogens with one attached hydrogen (secondary N) is 1. The van der Waals surface area contributed by atoms with E-state index in [-0.39, 0.29) is 17.9 Å². The molecule has 3 heterocycles. The molecule has 2 aromatic heterocycles. The number of anilines is 1. The lowest BCUT2D eigenvalue weighted by atomic mass is 10.1. The van der Waals surface area contributed by atoms with Crippen molar-refractivity contribution in [1.82, 2.24) is 14.9 Å². The summed E-state index contributed by atoms with van der Waals surface area (Å²) < 4.78 is 1.78. The molecule has 0 aromatic carbocycles. The summed E-state index contributed by atoms with van der Waals surface area (Å²) in [5.74, 6) is -0.356. The van der Waals surface area contributed by atoms with Crippen LogP contribution in [0.15, 0.2) is 10.2 Å². The van der Waals surface area contributed by atoms with Crippen LogP contribution in [0.2, 0.25) is 0 Å². The van der Waals surface area contributed by atoms with E-state index in [1.54, 1.807) is 12.3 Å². The van der Waals surface area contributed by atoms with Crippen LogP contribution < -0.4 is 16.6 Å².